The number of nitrogens with zero attached hydrogens (tertiary/aromatic N) is 4. The number of aromatic nitrogens is 3. The summed E-state index contributed by atoms with van der Waals surface area (Å²) in [4.78, 5) is 25.1. The monoisotopic (exact) mass is 280 g/mol. The molecule has 110 valence electrons. The number of piperidine rings is 1. The summed E-state index contributed by atoms with van der Waals surface area (Å²) in [5.74, 6) is 0.230. The van der Waals surface area contributed by atoms with Crippen LogP contribution in [0.2, 0.25) is 0 Å². The predicted molar refractivity (Wildman–Crippen MR) is 72.7 cm³/mol. The van der Waals surface area contributed by atoms with Gasteiger partial charge in [0.25, 0.3) is 0 Å². The van der Waals surface area contributed by atoms with E-state index in [1.165, 1.54) is 4.68 Å². The van der Waals surface area contributed by atoms with Gasteiger partial charge >= 0.3 is 0 Å². The first-order valence-electron chi connectivity index (χ1n) is 6.82. The van der Waals surface area contributed by atoms with Crippen LogP contribution in [-0.2, 0) is 16.1 Å². The third-order valence-electron chi connectivity index (χ3n) is 3.32. The van der Waals surface area contributed by atoms with Crippen LogP contribution in [0.5, 0.6) is 0 Å². The number of carbonyl (C=O) groups is 2. The van der Waals surface area contributed by atoms with E-state index < -0.39 is 0 Å². The van der Waals surface area contributed by atoms with E-state index in [4.69, 9.17) is 5.73 Å². The highest BCUT2D eigenvalue weighted by atomic mass is 16.2. The zero-order valence-electron chi connectivity index (χ0n) is 11.6. The second kappa shape index (κ2) is 6.47. The van der Waals surface area contributed by atoms with Crippen LogP contribution in [0.25, 0.3) is 0 Å². The van der Waals surface area contributed by atoms with Gasteiger partial charge < -0.3 is 16.0 Å². The van der Waals surface area contributed by atoms with Crippen LogP contribution in [0.3, 0.4) is 0 Å². The van der Waals surface area contributed by atoms with Crippen LogP contribution in [0.4, 0.5) is 5.82 Å². The van der Waals surface area contributed by atoms with E-state index in [0.717, 1.165) is 12.8 Å². The molecule has 0 radical (unpaired) electrons. The van der Waals surface area contributed by atoms with Gasteiger partial charge in [-0.05, 0) is 12.8 Å². The Balaban J connectivity index is 1.86. The summed E-state index contributed by atoms with van der Waals surface area (Å²) < 4.78 is 1.43. The van der Waals surface area contributed by atoms with Crippen molar-refractivity contribution in [3.8, 4) is 0 Å². The molecular weight excluding hydrogens is 260 g/mol. The first-order valence-corrected chi connectivity index (χ1v) is 6.82. The fourth-order valence-electron chi connectivity index (χ4n) is 2.05. The van der Waals surface area contributed by atoms with Gasteiger partial charge in [-0.1, -0.05) is 12.1 Å². The maximum absolute atomic E-state index is 12.1. The fourth-order valence-corrected chi connectivity index (χ4v) is 2.05. The van der Waals surface area contributed by atoms with E-state index in [1.54, 1.807) is 18.0 Å². The van der Waals surface area contributed by atoms with Crippen molar-refractivity contribution in [3.63, 3.8) is 0 Å². The summed E-state index contributed by atoms with van der Waals surface area (Å²) >= 11 is 0. The molecule has 3 N–H and O–H groups in total. The van der Waals surface area contributed by atoms with Crippen molar-refractivity contribution >= 4 is 17.6 Å². The van der Waals surface area contributed by atoms with Gasteiger partial charge in [0.15, 0.2) is 5.82 Å². The molecule has 2 heterocycles. The van der Waals surface area contributed by atoms with E-state index in [0.29, 0.717) is 25.3 Å². The summed E-state index contributed by atoms with van der Waals surface area (Å²) in [6.07, 6.45) is 3.60. The highest BCUT2D eigenvalue weighted by Crippen LogP contribution is 2.09. The highest BCUT2D eigenvalue weighted by Gasteiger charge is 2.21. The van der Waals surface area contributed by atoms with Crippen LogP contribution < -0.4 is 11.1 Å². The Bertz CT molecular complexity index is 478. The Hall–Kier alpha value is -1.96. The van der Waals surface area contributed by atoms with E-state index in [2.05, 4.69) is 15.6 Å². The van der Waals surface area contributed by atoms with Gasteiger partial charge in [0.1, 0.15) is 6.54 Å². The lowest BCUT2D eigenvalue weighted by Gasteiger charge is -2.30. The molecule has 0 atom stereocenters. The van der Waals surface area contributed by atoms with Gasteiger partial charge in [0.05, 0.1) is 6.20 Å². The van der Waals surface area contributed by atoms with Crippen LogP contribution in [0, 0.1) is 0 Å². The predicted octanol–water partition coefficient (Wildman–Crippen LogP) is -0.424. The van der Waals surface area contributed by atoms with Gasteiger partial charge in [-0.2, -0.15) is 0 Å². The van der Waals surface area contributed by atoms with Crippen molar-refractivity contribution in [1.29, 1.82) is 0 Å². The number of anilines is 1. The molecule has 8 heteroatoms. The lowest BCUT2D eigenvalue weighted by molar-refractivity contribution is -0.133. The molecule has 1 saturated heterocycles. The van der Waals surface area contributed by atoms with Crippen molar-refractivity contribution in [3.05, 3.63) is 6.20 Å². The molecule has 0 aromatic carbocycles. The zero-order valence-corrected chi connectivity index (χ0v) is 11.6. The Morgan fingerprint density at radius 1 is 1.45 bits per heavy atom. The Kier molecular flexibility index (Phi) is 4.67. The fraction of sp³-hybridized carbons (Fsp3) is 0.667. The Labute approximate surface area is 117 Å². The van der Waals surface area contributed by atoms with Gasteiger partial charge in [0.2, 0.25) is 11.8 Å². The number of rotatable bonds is 4. The smallest absolute Gasteiger partial charge is 0.244 e. The van der Waals surface area contributed by atoms with Crippen molar-refractivity contribution in [1.82, 2.24) is 19.9 Å². The molecule has 0 aliphatic carbocycles. The second-order valence-corrected chi connectivity index (χ2v) is 4.92. The van der Waals surface area contributed by atoms with Gasteiger partial charge in [0, 0.05) is 25.6 Å². The summed E-state index contributed by atoms with van der Waals surface area (Å²) in [6.45, 7) is 3.26. The molecule has 1 aliphatic rings. The second-order valence-electron chi connectivity index (χ2n) is 4.92. The first kappa shape index (κ1) is 14.4. The molecule has 1 aliphatic heterocycles. The minimum absolute atomic E-state index is 0.00447. The van der Waals surface area contributed by atoms with Crippen LogP contribution in [-0.4, -0.2) is 50.8 Å². The third-order valence-corrected chi connectivity index (χ3v) is 3.32. The summed E-state index contributed by atoms with van der Waals surface area (Å²) in [6, 6.07) is 0.196. The van der Waals surface area contributed by atoms with Crippen molar-refractivity contribution in [2.75, 3.05) is 18.4 Å². The van der Waals surface area contributed by atoms with Gasteiger partial charge in [-0.15, -0.1) is 5.10 Å². The van der Waals surface area contributed by atoms with E-state index in [1.807, 2.05) is 0 Å². The average Bonchev–Trinajstić information content (AvgIpc) is 2.86. The number of nitrogens with one attached hydrogen (secondary N) is 1. The lowest BCUT2D eigenvalue weighted by atomic mass is 10.1. The van der Waals surface area contributed by atoms with Gasteiger partial charge in [-0.25, -0.2) is 4.68 Å². The zero-order chi connectivity index (χ0) is 14.5. The summed E-state index contributed by atoms with van der Waals surface area (Å²) in [5, 5.41) is 10.2. The van der Waals surface area contributed by atoms with Crippen molar-refractivity contribution in [2.24, 2.45) is 5.73 Å². The highest BCUT2D eigenvalue weighted by molar-refractivity contribution is 5.89. The molecule has 2 amide bonds. The maximum Gasteiger partial charge on any atom is 0.244 e. The number of likely N-dealkylation sites (tertiary alicyclic amines) is 1. The number of nitrogens with two attached hydrogens (primary N) is 1. The molecule has 0 spiro atoms. The van der Waals surface area contributed by atoms with Crippen LogP contribution in [0.1, 0.15) is 26.2 Å². The molecule has 0 bridgehead atoms. The molecule has 1 aromatic heterocycles. The molecule has 2 rings (SSSR count). The van der Waals surface area contributed by atoms with Crippen LogP contribution in [0.15, 0.2) is 6.20 Å². The topological polar surface area (TPSA) is 106 Å². The van der Waals surface area contributed by atoms with E-state index in [-0.39, 0.29) is 24.4 Å². The number of amides is 2. The Morgan fingerprint density at radius 3 is 2.80 bits per heavy atom. The standard InChI is InChI=1S/C12H20N6O2/c1-2-11(19)14-10-7-18(16-15-10)8-12(20)17-5-3-9(13)4-6-17/h7,9H,2-6,8,13H2,1H3,(H,14,19). The SMILES string of the molecule is CCC(=O)Nc1cn(CC(=O)N2CCC(N)CC2)nn1. The minimum Gasteiger partial charge on any atom is -0.341 e. The van der Waals surface area contributed by atoms with Crippen molar-refractivity contribution in [2.45, 2.75) is 38.8 Å². The molecule has 1 aromatic rings. The van der Waals surface area contributed by atoms with E-state index in [9.17, 15) is 9.59 Å². The summed E-state index contributed by atoms with van der Waals surface area (Å²) in [5.41, 5.74) is 5.81. The van der Waals surface area contributed by atoms with Gasteiger partial charge in [-0.3, -0.25) is 9.59 Å². The van der Waals surface area contributed by atoms with Crippen molar-refractivity contribution < 1.29 is 9.59 Å². The molecule has 0 unspecified atom stereocenters. The largest absolute Gasteiger partial charge is 0.341 e. The quantitative estimate of drug-likeness (QED) is 0.779. The molecular formula is C12H20N6O2. The minimum atomic E-state index is -0.131. The molecule has 8 nitrogen and oxygen atoms in total. The first-order chi connectivity index (χ1) is 9.58. The third kappa shape index (κ3) is 3.77. The number of hydrogen-bond donors (Lipinski definition) is 2. The Morgan fingerprint density at radius 2 is 2.15 bits per heavy atom. The van der Waals surface area contributed by atoms with E-state index >= 15 is 0 Å². The normalized spacial score (nSPS) is 16.2. The molecule has 0 saturated carbocycles. The number of carbonyl (C=O) groups excluding carboxylic acids is 2. The van der Waals surface area contributed by atoms with Crippen LogP contribution >= 0.6 is 0 Å². The average molecular weight is 280 g/mol. The molecule has 20 heavy (non-hydrogen) atoms. The molecule has 1 fully saturated rings. The lowest BCUT2D eigenvalue weighted by Crippen LogP contribution is -2.44. The maximum atomic E-state index is 12.1. The summed E-state index contributed by atoms with van der Waals surface area (Å²) in [7, 11) is 0. The number of hydrogen-bond acceptors (Lipinski definition) is 5.